The molecule has 5 aliphatic rings. The SMILES string of the molecule is Cc1nn(-c2ccccc2)c2c1C(C1=COC3CCC(Br)CC3C1=O)N1C(=N2)C(N2CCN(c3ccc(F)cc3)CC2)=Nc2ccccc21. The minimum Gasteiger partial charge on any atom is -0.497 e. The van der Waals surface area contributed by atoms with E-state index in [0.29, 0.717) is 30.3 Å². The molecular weight excluding hydrogens is 685 g/mol. The van der Waals surface area contributed by atoms with Gasteiger partial charge < -0.3 is 19.4 Å². The summed E-state index contributed by atoms with van der Waals surface area (Å²) in [6.45, 7) is 4.87. The van der Waals surface area contributed by atoms with Gasteiger partial charge >= 0.3 is 0 Å². The maximum absolute atomic E-state index is 14.6. The average Bonchev–Trinajstić information content (AvgIpc) is 3.47. The molecule has 4 unspecified atom stereocenters. The second-order valence-corrected chi connectivity index (χ2v) is 14.6. The van der Waals surface area contributed by atoms with Gasteiger partial charge in [-0.15, -0.1) is 0 Å². The predicted molar refractivity (Wildman–Crippen MR) is 192 cm³/mol. The molecule has 1 aromatic heterocycles. The van der Waals surface area contributed by atoms with Gasteiger partial charge in [-0.25, -0.2) is 19.1 Å². The number of carbonyl (C=O) groups is 1. The monoisotopic (exact) mass is 719 g/mol. The third kappa shape index (κ3) is 5.08. The van der Waals surface area contributed by atoms with Crippen molar-refractivity contribution in [2.45, 2.75) is 43.2 Å². The van der Waals surface area contributed by atoms with Gasteiger partial charge in [-0.1, -0.05) is 46.3 Å². The number of para-hydroxylation sites is 3. The van der Waals surface area contributed by atoms with E-state index in [9.17, 15) is 9.18 Å². The van der Waals surface area contributed by atoms with Crippen molar-refractivity contribution in [3.8, 4) is 5.69 Å². The third-order valence-electron chi connectivity index (χ3n) is 10.4. The summed E-state index contributed by atoms with van der Waals surface area (Å²) in [4.78, 5) is 32.3. The topological polar surface area (TPSA) is 78.6 Å². The van der Waals surface area contributed by atoms with Crippen LogP contribution in [0.5, 0.6) is 0 Å². The molecule has 3 aromatic carbocycles. The van der Waals surface area contributed by atoms with Crippen LogP contribution in [0.3, 0.4) is 0 Å². The Morgan fingerprint density at radius 2 is 1.57 bits per heavy atom. The van der Waals surface area contributed by atoms with Gasteiger partial charge in [0.25, 0.3) is 0 Å². The van der Waals surface area contributed by atoms with E-state index in [1.165, 1.54) is 12.1 Å². The second kappa shape index (κ2) is 12.0. The minimum absolute atomic E-state index is 0.113. The van der Waals surface area contributed by atoms with E-state index >= 15 is 0 Å². The minimum atomic E-state index is -0.517. The molecule has 0 amide bonds. The molecule has 1 aliphatic carbocycles. The number of ketones is 1. The number of anilines is 2. The molecule has 1 saturated carbocycles. The number of piperazine rings is 1. The highest BCUT2D eigenvalue weighted by Gasteiger charge is 2.49. The highest BCUT2D eigenvalue weighted by molar-refractivity contribution is 9.09. The van der Waals surface area contributed by atoms with Crippen LogP contribution in [0.25, 0.3) is 5.69 Å². The van der Waals surface area contributed by atoms with E-state index in [1.54, 1.807) is 6.26 Å². The van der Waals surface area contributed by atoms with E-state index in [1.807, 2.05) is 72.3 Å². The lowest BCUT2D eigenvalue weighted by Crippen LogP contribution is -2.56. The summed E-state index contributed by atoms with van der Waals surface area (Å²) in [6.07, 6.45) is 4.18. The van der Waals surface area contributed by atoms with E-state index in [4.69, 9.17) is 19.8 Å². The molecule has 0 radical (unpaired) electrons. The zero-order chi connectivity index (χ0) is 33.2. The zero-order valence-corrected chi connectivity index (χ0v) is 28.6. The molecule has 4 atom stereocenters. The summed E-state index contributed by atoms with van der Waals surface area (Å²) in [7, 11) is 0. The van der Waals surface area contributed by atoms with Gasteiger partial charge in [0.15, 0.2) is 23.3 Å². The summed E-state index contributed by atoms with van der Waals surface area (Å²) in [5.41, 5.74) is 5.90. The molecule has 1 saturated heterocycles. The number of amidine groups is 2. The third-order valence-corrected chi connectivity index (χ3v) is 11.2. The number of hydrogen-bond donors (Lipinski definition) is 0. The Hall–Kier alpha value is -4.77. The molecule has 248 valence electrons. The summed E-state index contributed by atoms with van der Waals surface area (Å²) < 4.78 is 22.0. The number of carbonyl (C=O) groups excluding carboxylic acids is 1. The van der Waals surface area contributed by atoms with Crippen LogP contribution in [-0.2, 0) is 9.53 Å². The van der Waals surface area contributed by atoms with Gasteiger partial charge in [0.05, 0.1) is 46.6 Å². The lowest BCUT2D eigenvalue weighted by molar-refractivity contribution is -0.127. The first-order chi connectivity index (χ1) is 23.9. The number of rotatable bonds is 3. The quantitative estimate of drug-likeness (QED) is 0.209. The number of ether oxygens (including phenoxy) is 1. The number of aromatic nitrogens is 2. The molecule has 5 heterocycles. The summed E-state index contributed by atoms with van der Waals surface area (Å²) in [5, 5.41) is 5.04. The number of benzene rings is 3. The summed E-state index contributed by atoms with van der Waals surface area (Å²) in [5.74, 6) is 1.79. The molecule has 9 rings (SSSR count). The van der Waals surface area contributed by atoms with Crippen molar-refractivity contribution in [2.75, 3.05) is 36.0 Å². The largest absolute Gasteiger partial charge is 0.497 e. The molecule has 9 nitrogen and oxygen atoms in total. The van der Waals surface area contributed by atoms with Crippen molar-refractivity contribution in [1.29, 1.82) is 0 Å². The lowest BCUT2D eigenvalue weighted by atomic mass is 9.77. The number of fused-ring (bicyclic) bond motifs is 5. The summed E-state index contributed by atoms with van der Waals surface area (Å²) >= 11 is 3.80. The molecule has 4 aliphatic heterocycles. The van der Waals surface area contributed by atoms with Crippen molar-refractivity contribution in [1.82, 2.24) is 14.7 Å². The fraction of sp³-hybridized carbons (Fsp3) is 0.316. The first kappa shape index (κ1) is 30.3. The number of aryl methyl sites for hydroxylation is 1. The fourth-order valence-electron chi connectivity index (χ4n) is 7.94. The second-order valence-electron chi connectivity index (χ2n) is 13.3. The Balaban J connectivity index is 1.18. The van der Waals surface area contributed by atoms with Gasteiger partial charge in [-0.05, 0) is 74.7 Å². The normalized spacial score (nSPS) is 24.5. The van der Waals surface area contributed by atoms with Crippen LogP contribution in [0.15, 0.2) is 101 Å². The first-order valence-electron chi connectivity index (χ1n) is 16.9. The molecule has 0 bridgehead atoms. The van der Waals surface area contributed by atoms with E-state index in [2.05, 4.69) is 36.7 Å². The van der Waals surface area contributed by atoms with Crippen LogP contribution in [0.2, 0.25) is 0 Å². The van der Waals surface area contributed by atoms with E-state index in [-0.39, 0.29) is 28.4 Å². The highest BCUT2D eigenvalue weighted by atomic mass is 79.9. The maximum atomic E-state index is 14.6. The van der Waals surface area contributed by atoms with E-state index in [0.717, 1.165) is 72.2 Å². The molecule has 0 spiro atoms. The zero-order valence-electron chi connectivity index (χ0n) is 27.0. The number of hydrogen-bond acceptors (Lipinski definition) is 8. The molecule has 4 aromatic rings. The van der Waals surface area contributed by atoms with Crippen molar-refractivity contribution in [3.63, 3.8) is 0 Å². The predicted octanol–water partition coefficient (Wildman–Crippen LogP) is 7.19. The smallest absolute Gasteiger partial charge is 0.179 e. The molecule has 0 N–H and O–H groups in total. The van der Waals surface area contributed by atoms with Crippen molar-refractivity contribution >= 4 is 56.3 Å². The molecule has 49 heavy (non-hydrogen) atoms. The van der Waals surface area contributed by atoms with Gasteiger partial charge in [0.1, 0.15) is 11.9 Å². The average molecular weight is 721 g/mol. The highest BCUT2D eigenvalue weighted by Crippen LogP contribution is 2.51. The lowest BCUT2D eigenvalue weighted by Gasteiger charge is -2.46. The van der Waals surface area contributed by atoms with Crippen molar-refractivity contribution in [2.24, 2.45) is 15.9 Å². The molecule has 2 fully saturated rings. The first-order valence-corrected chi connectivity index (χ1v) is 17.9. The van der Waals surface area contributed by atoms with Crippen LogP contribution in [-0.4, -0.2) is 69.2 Å². The van der Waals surface area contributed by atoms with Gasteiger partial charge in [-0.2, -0.15) is 5.10 Å². The Labute approximate surface area is 292 Å². The van der Waals surface area contributed by atoms with Gasteiger partial charge in [0, 0.05) is 42.3 Å². The van der Waals surface area contributed by atoms with Crippen LogP contribution in [0, 0.1) is 18.7 Å². The van der Waals surface area contributed by atoms with Crippen molar-refractivity contribution in [3.05, 3.63) is 108 Å². The Kier molecular flexibility index (Phi) is 7.41. The van der Waals surface area contributed by atoms with E-state index < -0.39 is 6.04 Å². The van der Waals surface area contributed by atoms with Crippen LogP contribution in [0.1, 0.15) is 36.6 Å². The molecule has 11 heteroatoms. The van der Waals surface area contributed by atoms with Crippen LogP contribution < -0.4 is 9.80 Å². The fourth-order valence-corrected chi connectivity index (χ4v) is 8.61. The van der Waals surface area contributed by atoms with Crippen LogP contribution >= 0.6 is 15.9 Å². The summed E-state index contributed by atoms with van der Waals surface area (Å²) in [6, 6.07) is 24.2. The van der Waals surface area contributed by atoms with Crippen LogP contribution in [0.4, 0.5) is 27.3 Å². The number of aliphatic imine (C=N–C) groups is 2. The Morgan fingerprint density at radius 1 is 0.837 bits per heavy atom. The number of alkyl halides is 1. The maximum Gasteiger partial charge on any atom is 0.179 e. The number of nitrogens with zero attached hydrogens (tertiary/aromatic N) is 7. The van der Waals surface area contributed by atoms with Gasteiger partial charge in [0.2, 0.25) is 0 Å². The standard InChI is InChI=1S/C38H35BrFN7O2/c1-23-33-34(29-22-49-32-16-11-24(39)21-28(32)35(29)48)46-31-10-6-5-9-30(31)41-37(38(46)42-36(33)47(43-23)27-7-3-2-4-8-27)45-19-17-44(18-20-45)26-14-12-25(40)13-15-26/h2-10,12-15,22,24,28,32,34H,11,16-21H2,1H3. The molecular formula is C38H35BrFN7O2. The Morgan fingerprint density at radius 3 is 2.37 bits per heavy atom. The van der Waals surface area contributed by atoms with Gasteiger partial charge in [-0.3, -0.25) is 4.79 Å². The number of halogens is 2. The Bertz CT molecular complexity index is 2030. The van der Waals surface area contributed by atoms with Crippen molar-refractivity contribution < 1.29 is 13.9 Å². The number of Topliss-reactive ketones (excluding diaryl/α,β-unsaturated/α-hetero) is 1.